The average Bonchev–Trinajstić information content (AvgIpc) is 3.36. The number of hydrogen-bond donors (Lipinski definition) is 0. The lowest BCUT2D eigenvalue weighted by atomic mass is 10.0. The van der Waals surface area contributed by atoms with Crippen LogP contribution in [0.4, 0.5) is 0 Å². The van der Waals surface area contributed by atoms with Crippen LogP contribution < -0.4 is 19.6 Å². The molecule has 0 saturated heterocycles. The van der Waals surface area contributed by atoms with Gasteiger partial charge in [-0.1, -0.05) is 35.6 Å². The first kappa shape index (κ1) is 19.4. The van der Waals surface area contributed by atoms with Gasteiger partial charge in [-0.15, -0.1) is 11.3 Å². The van der Waals surface area contributed by atoms with Crippen LogP contribution in [0.2, 0.25) is 0 Å². The first-order valence-corrected chi connectivity index (χ1v) is 10.5. The van der Waals surface area contributed by atoms with E-state index >= 15 is 0 Å². The number of nitrogens with zero attached hydrogens (tertiary/aromatic N) is 2. The lowest BCUT2D eigenvalue weighted by Gasteiger charge is -2.22. The molecule has 6 nitrogen and oxygen atoms in total. The van der Waals surface area contributed by atoms with Gasteiger partial charge in [0.05, 0.1) is 30.0 Å². The number of allylic oxidation sites excluding steroid dienone is 1. The standard InChI is InChI=1S/C21H18N2O4S2/c1-12-17(20(25)27-3)18(15-9-6-10-28-15)23-19(24)16(29-21(23)22-12)11-13-7-4-5-8-14(13)26-2/h4-11,18H,1-3H3/b16-11-/t18-/m1/s1. The van der Waals surface area contributed by atoms with Crippen molar-refractivity contribution in [1.29, 1.82) is 0 Å². The van der Waals surface area contributed by atoms with Gasteiger partial charge >= 0.3 is 5.97 Å². The summed E-state index contributed by atoms with van der Waals surface area (Å²) in [5, 5.41) is 1.92. The summed E-state index contributed by atoms with van der Waals surface area (Å²) in [5.41, 5.74) is 1.54. The molecule has 0 aliphatic carbocycles. The zero-order valence-corrected chi connectivity index (χ0v) is 17.7. The Kier molecular flexibility index (Phi) is 5.21. The van der Waals surface area contributed by atoms with E-state index in [-0.39, 0.29) is 5.56 Å². The number of rotatable bonds is 4. The molecule has 29 heavy (non-hydrogen) atoms. The minimum atomic E-state index is -0.557. The van der Waals surface area contributed by atoms with E-state index in [1.807, 2.05) is 41.8 Å². The molecule has 0 spiro atoms. The van der Waals surface area contributed by atoms with Crippen molar-refractivity contribution in [1.82, 2.24) is 4.57 Å². The minimum absolute atomic E-state index is 0.202. The first-order valence-electron chi connectivity index (χ1n) is 8.82. The number of benzene rings is 1. The smallest absolute Gasteiger partial charge is 0.338 e. The Bertz CT molecular complexity index is 1280. The number of fused-ring (bicyclic) bond motifs is 1. The Labute approximate surface area is 174 Å². The molecule has 1 aromatic carbocycles. The molecule has 0 unspecified atom stereocenters. The van der Waals surface area contributed by atoms with Gasteiger partial charge in [-0.3, -0.25) is 9.36 Å². The molecule has 2 aromatic heterocycles. The van der Waals surface area contributed by atoms with Crippen LogP contribution >= 0.6 is 22.7 Å². The summed E-state index contributed by atoms with van der Waals surface area (Å²) in [6.07, 6.45) is 1.80. The Morgan fingerprint density at radius 3 is 2.69 bits per heavy atom. The van der Waals surface area contributed by atoms with Crippen LogP contribution in [-0.4, -0.2) is 24.8 Å². The fourth-order valence-corrected chi connectivity index (χ4v) is 5.20. The molecule has 0 bridgehead atoms. The topological polar surface area (TPSA) is 69.9 Å². The van der Waals surface area contributed by atoms with Gasteiger partial charge in [0.25, 0.3) is 5.56 Å². The van der Waals surface area contributed by atoms with E-state index in [4.69, 9.17) is 9.47 Å². The van der Waals surface area contributed by atoms with Crippen molar-refractivity contribution in [3.8, 4) is 5.75 Å². The van der Waals surface area contributed by atoms with E-state index in [1.54, 1.807) is 24.7 Å². The molecule has 0 fully saturated rings. The molecule has 0 amide bonds. The highest BCUT2D eigenvalue weighted by atomic mass is 32.1. The van der Waals surface area contributed by atoms with Crippen molar-refractivity contribution in [3.05, 3.63) is 83.2 Å². The zero-order valence-electron chi connectivity index (χ0n) is 16.0. The largest absolute Gasteiger partial charge is 0.496 e. The number of methoxy groups -OCH3 is 2. The monoisotopic (exact) mass is 426 g/mol. The third-order valence-electron chi connectivity index (χ3n) is 4.67. The zero-order chi connectivity index (χ0) is 20.5. The quantitative estimate of drug-likeness (QED) is 0.601. The van der Waals surface area contributed by atoms with Gasteiger partial charge in [-0.25, -0.2) is 9.79 Å². The Balaban J connectivity index is 1.98. The number of thiophene rings is 1. The molecule has 148 valence electrons. The van der Waals surface area contributed by atoms with Crippen LogP contribution in [0.3, 0.4) is 0 Å². The number of carbonyl (C=O) groups excluding carboxylic acids is 1. The predicted octanol–water partition coefficient (Wildman–Crippen LogP) is 2.48. The molecule has 1 atom stereocenters. The van der Waals surface area contributed by atoms with Crippen molar-refractivity contribution in [2.75, 3.05) is 14.2 Å². The Hall–Kier alpha value is -2.97. The maximum atomic E-state index is 13.4. The van der Waals surface area contributed by atoms with Gasteiger partial charge in [0.1, 0.15) is 11.8 Å². The summed E-state index contributed by atoms with van der Waals surface area (Å²) in [5.74, 6) is 0.197. The van der Waals surface area contributed by atoms with Crippen LogP contribution in [0.1, 0.15) is 23.4 Å². The SMILES string of the molecule is COC(=O)C1=C(C)N=c2s/c(=C\c3ccccc3OC)c(=O)n2[C@@H]1c1cccs1. The molecule has 8 heteroatoms. The molecular weight excluding hydrogens is 408 g/mol. The average molecular weight is 427 g/mol. The molecule has 3 heterocycles. The number of carbonyl (C=O) groups is 1. The van der Waals surface area contributed by atoms with Crippen molar-refractivity contribution in [2.45, 2.75) is 13.0 Å². The van der Waals surface area contributed by atoms with Crippen molar-refractivity contribution in [2.24, 2.45) is 4.99 Å². The highest BCUT2D eigenvalue weighted by Gasteiger charge is 2.33. The number of aromatic nitrogens is 1. The number of ether oxygens (including phenoxy) is 2. The van der Waals surface area contributed by atoms with Gasteiger partial charge in [0.15, 0.2) is 4.80 Å². The van der Waals surface area contributed by atoms with Gasteiger partial charge in [-0.2, -0.15) is 0 Å². The number of esters is 1. The van der Waals surface area contributed by atoms with Crippen molar-refractivity contribution in [3.63, 3.8) is 0 Å². The van der Waals surface area contributed by atoms with Gasteiger partial charge in [0, 0.05) is 10.4 Å². The molecule has 1 aliphatic heterocycles. The van der Waals surface area contributed by atoms with Crippen LogP contribution in [0, 0.1) is 0 Å². The van der Waals surface area contributed by atoms with E-state index in [0.29, 0.717) is 26.4 Å². The Morgan fingerprint density at radius 1 is 1.21 bits per heavy atom. The normalized spacial score (nSPS) is 16.4. The van der Waals surface area contributed by atoms with E-state index in [2.05, 4.69) is 4.99 Å². The van der Waals surface area contributed by atoms with Crippen molar-refractivity contribution >= 4 is 34.7 Å². The summed E-state index contributed by atoms with van der Waals surface area (Å²) < 4.78 is 12.5. The second-order valence-electron chi connectivity index (χ2n) is 6.33. The molecule has 0 saturated carbocycles. The fourth-order valence-electron chi connectivity index (χ4n) is 3.34. The van der Waals surface area contributed by atoms with E-state index in [0.717, 1.165) is 10.4 Å². The van der Waals surface area contributed by atoms with Crippen LogP contribution in [0.15, 0.2) is 62.8 Å². The van der Waals surface area contributed by atoms with Gasteiger partial charge in [0.2, 0.25) is 0 Å². The van der Waals surface area contributed by atoms with Crippen molar-refractivity contribution < 1.29 is 14.3 Å². The first-order chi connectivity index (χ1) is 14.0. The number of hydrogen-bond acceptors (Lipinski definition) is 7. The maximum Gasteiger partial charge on any atom is 0.338 e. The maximum absolute atomic E-state index is 13.4. The number of para-hydroxylation sites is 1. The highest BCUT2D eigenvalue weighted by molar-refractivity contribution is 7.10. The van der Waals surface area contributed by atoms with Crippen LogP contribution in [-0.2, 0) is 9.53 Å². The number of thiazole rings is 1. The lowest BCUT2D eigenvalue weighted by Crippen LogP contribution is -2.39. The summed E-state index contributed by atoms with van der Waals surface area (Å²) in [4.78, 5) is 31.8. The second-order valence-corrected chi connectivity index (χ2v) is 8.32. The molecular formula is C21H18N2O4S2. The third-order valence-corrected chi connectivity index (χ3v) is 6.57. The third kappa shape index (κ3) is 3.34. The summed E-state index contributed by atoms with van der Waals surface area (Å²) in [6, 6.07) is 10.7. The predicted molar refractivity (Wildman–Crippen MR) is 113 cm³/mol. The summed E-state index contributed by atoms with van der Waals surface area (Å²) >= 11 is 2.78. The van der Waals surface area contributed by atoms with Gasteiger partial charge < -0.3 is 9.47 Å². The molecule has 1 aliphatic rings. The molecule has 3 aromatic rings. The van der Waals surface area contributed by atoms with Gasteiger partial charge in [-0.05, 0) is 30.5 Å². The summed E-state index contributed by atoms with van der Waals surface area (Å²) in [6.45, 7) is 1.77. The lowest BCUT2D eigenvalue weighted by molar-refractivity contribution is -0.136. The van der Waals surface area contributed by atoms with Crippen LogP contribution in [0.5, 0.6) is 5.75 Å². The van der Waals surface area contributed by atoms with Crippen LogP contribution in [0.25, 0.3) is 6.08 Å². The molecule has 0 radical (unpaired) electrons. The second kappa shape index (κ2) is 7.81. The van der Waals surface area contributed by atoms with E-state index < -0.39 is 12.0 Å². The highest BCUT2D eigenvalue weighted by Crippen LogP contribution is 2.33. The molecule has 4 rings (SSSR count). The minimum Gasteiger partial charge on any atom is -0.496 e. The van der Waals surface area contributed by atoms with E-state index in [9.17, 15) is 9.59 Å². The Morgan fingerprint density at radius 2 is 2.00 bits per heavy atom. The molecule has 0 N–H and O–H groups in total. The summed E-state index contributed by atoms with van der Waals surface area (Å²) in [7, 11) is 2.93. The van der Waals surface area contributed by atoms with E-state index in [1.165, 1.54) is 29.8 Å². The fraction of sp³-hybridized carbons (Fsp3) is 0.190.